The highest BCUT2D eigenvalue weighted by Crippen LogP contribution is 2.22. The molecule has 0 heterocycles. The average molecular weight is 404 g/mol. The van der Waals surface area contributed by atoms with E-state index in [0.29, 0.717) is 5.69 Å². The number of para-hydroxylation sites is 1. The molecule has 25 heavy (non-hydrogen) atoms. The number of rotatable bonds is 5. The molecule has 0 aliphatic rings. The Labute approximate surface area is 154 Å². The Morgan fingerprint density at radius 2 is 1.80 bits per heavy atom. The van der Waals surface area contributed by atoms with Crippen LogP contribution in [0.1, 0.15) is 23.1 Å². The number of halogens is 1. The molecule has 0 radical (unpaired) electrons. The van der Waals surface area contributed by atoms with E-state index >= 15 is 0 Å². The van der Waals surface area contributed by atoms with Crippen LogP contribution in [0.5, 0.6) is 5.75 Å². The Morgan fingerprint density at radius 3 is 2.44 bits per heavy atom. The number of phenolic OH excluding ortho intramolecular Hbond substituents is 1. The van der Waals surface area contributed by atoms with E-state index in [1.807, 2.05) is 6.07 Å². The minimum atomic E-state index is -0.520. The van der Waals surface area contributed by atoms with Crippen LogP contribution in [-0.4, -0.2) is 23.1 Å². The third kappa shape index (κ3) is 5.42. The van der Waals surface area contributed by atoms with Crippen LogP contribution in [0.25, 0.3) is 0 Å². The first-order chi connectivity index (χ1) is 11.9. The van der Waals surface area contributed by atoms with E-state index in [9.17, 15) is 14.7 Å². The van der Waals surface area contributed by atoms with Crippen molar-refractivity contribution in [2.75, 3.05) is 5.32 Å². The Balaban J connectivity index is 1.88. The molecule has 0 bridgehead atoms. The smallest absolute Gasteiger partial charge is 0.249 e. The van der Waals surface area contributed by atoms with Gasteiger partial charge in [-0.25, -0.2) is 5.43 Å². The van der Waals surface area contributed by atoms with Crippen molar-refractivity contribution in [1.29, 1.82) is 0 Å². The van der Waals surface area contributed by atoms with Crippen LogP contribution in [0.2, 0.25) is 0 Å². The minimum absolute atomic E-state index is 0.241. The van der Waals surface area contributed by atoms with Crippen molar-refractivity contribution in [3.8, 4) is 5.75 Å². The van der Waals surface area contributed by atoms with Crippen molar-refractivity contribution in [2.24, 2.45) is 5.10 Å². The van der Waals surface area contributed by atoms with Gasteiger partial charge >= 0.3 is 0 Å². The molecule has 0 aliphatic heterocycles. The first-order valence-corrected chi connectivity index (χ1v) is 8.32. The molecule has 0 aliphatic carbocycles. The average Bonchev–Trinajstić information content (AvgIpc) is 2.54. The zero-order valence-electron chi connectivity index (χ0n) is 13.8. The fraction of sp³-hybridized carbons (Fsp3) is 0.167. The van der Waals surface area contributed by atoms with Gasteiger partial charge in [-0.15, -0.1) is 0 Å². The molecular weight excluding hydrogens is 386 g/mol. The molecule has 2 rings (SSSR count). The molecule has 0 spiro atoms. The lowest BCUT2D eigenvalue weighted by Gasteiger charge is -2.06. The fourth-order valence-corrected chi connectivity index (χ4v) is 2.57. The first-order valence-electron chi connectivity index (χ1n) is 7.53. The van der Waals surface area contributed by atoms with E-state index in [4.69, 9.17) is 0 Å². The predicted octanol–water partition coefficient (Wildman–Crippen LogP) is 3.25. The zero-order valence-corrected chi connectivity index (χ0v) is 15.4. The monoisotopic (exact) mass is 403 g/mol. The van der Waals surface area contributed by atoms with Gasteiger partial charge in [-0.2, -0.15) is 5.10 Å². The second kappa shape index (κ2) is 8.43. The van der Waals surface area contributed by atoms with Gasteiger partial charge in [-0.3, -0.25) is 9.59 Å². The summed E-state index contributed by atoms with van der Waals surface area (Å²) in [7, 11) is 0. The summed E-state index contributed by atoms with van der Waals surface area (Å²) in [6, 6.07) is 10.6. The Hall–Kier alpha value is -2.67. The third-order valence-electron chi connectivity index (χ3n) is 3.39. The maximum absolute atomic E-state index is 11.9. The lowest BCUT2D eigenvalue weighted by Crippen LogP contribution is -2.24. The molecule has 130 valence electrons. The van der Waals surface area contributed by atoms with Gasteiger partial charge in [0.05, 0.1) is 11.9 Å². The summed E-state index contributed by atoms with van der Waals surface area (Å²) in [6.45, 7) is 3.56. The van der Waals surface area contributed by atoms with E-state index in [0.717, 1.165) is 21.2 Å². The quantitative estimate of drug-likeness (QED) is 0.406. The molecule has 0 aromatic heterocycles. The maximum Gasteiger partial charge on any atom is 0.249 e. The molecule has 0 saturated heterocycles. The molecule has 0 atom stereocenters. The SMILES string of the molecule is Cc1cc(C=NNC(=O)CC(=O)Nc2ccccc2Br)cc(C)c1O. The number of hydrogen-bond acceptors (Lipinski definition) is 4. The molecule has 2 amide bonds. The van der Waals surface area contributed by atoms with Gasteiger partial charge in [-0.05, 0) is 70.7 Å². The van der Waals surface area contributed by atoms with E-state index < -0.39 is 11.8 Å². The highest BCUT2D eigenvalue weighted by Gasteiger charge is 2.10. The van der Waals surface area contributed by atoms with Crippen LogP contribution < -0.4 is 10.7 Å². The van der Waals surface area contributed by atoms with E-state index in [1.165, 1.54) is 6.21 Å². The number of hydrogen-bond donors (Lipinski definition) is 3. The summed E-state index contributed by atoms with van der Waals surface area (Å²) in [5, 5.41) is 16.2. The summed E-state index contributed by atoms with van der Waals surface area (Å²) < 4.78 is 0.736. The predicted molar refractivity (Wildman–Crippen MR) is 101 cm³/mol. The van der Waals surface area contributed by atoms with Gasteiger partial charge in [0.2, 0.25) is 11.8 Å². The van der Waals surface area contributed by atoms with Gasteiger partial charge in [0.15, 0.2) is 0 Å². The van der Waals surface area contributed by atoms with E-state index in [1.54, 1.807) is 44.2 Å². The first kappa shape index (κ1) is 18.7. The summed E-state index contributed by atoms with van der Waals surface area (Å²) in [6.07, 6.45) is 1.12. The summed E-state index contributed by atoms with van der Waals surface area (Å²) in [5.74, 6) is -0.714. The van der Waals surface area contributed by atoms with Crippen LogP contribution in [0.3, 0.4) is 0 Å². The normalized spacial score (nSPS) is 10.7. The number of nitrogens with one attached hydrogen (secondary N) is 2. The summed E-state index contributed by atoms with van der Waals surface area (Å²) in [5.41, 5.74) is 5.09. The molecule has 6 nitrogen and oxygen atoms in total. The van der Waals surface area contributed by atoms with Crippen LogP contribution in [0.4, 0.5) is 5.69 Å². The van der Waals surface area contributed by atoms with Crippen LogP contribution in [0, 0.1) is 13.8 Å². The van der Waals surface area contributed by atoms with Gasteiger partial charge in [0, 0.05) is 4.47 Å². The topological polar surface area (TPSA) is 90.8 Å². The molecule has 0 unspecified atom stereocenters. The second-order valence-corrected chi connectivity index (χ2v) is 6.36. The number of aromatic hydroxyl groups is 1. The number of hydrazone groups is 1. The summed E-state index contributed by atoms with van der Waals surface area (Å²) in [4.78, 5) is 23.6. The lowest BCUT2D eigenvalue weighted by atomic mass is 10.1. The van der Waals surface area contributed by atoms with Crippen molar-refractivity contribution < 1.29 is 14.7 Å². The third-order valence-corrected chi connectivity index (χ3v) is 4.08. The zero-order chi connectivity index (χ0) is 18.4. The largest absolute Gasteiger partial charge is 0.507 e. The second-order valence-electron chi connectivity index (χ2n) is 5.50. The summed E-state index contributed by atoms with van der Waals surface area (Å²) >= 11 is 3.32. The molecular formula is C18H18BrN3O3. The standard InChI is InChI=1S/C18H18BrN3O3/c1-11-7-13(8-12(2)18(11)25)10-20-22-17(24)9-16(23)21-15-6-4-3-5-14(15)19/h3-8,10,25H,9H2,1-2H3,(H,21,23)(H,22,24). The maximum atomic E-state index is 11.9. The van der Waals surface area contributed by atoms with Crippen LogP contribution >= 0.6 is 15.9 Å². The van der Waals surface area contributed by atoms with Crippen LogP contribution in [0.15, 0.2) is 46.0 Å². The number of aryl methyl sites for hydroxylation is 2. The minimum Gasteiger partial charge on any atom is -0.507 e. The van der Waals surface area contributed by atoms with Gasteiger partial charge in [-0.1, -0.05) is 12.1 Å². The van der Waals surface area contributed by atoms with Crippen molar-refractivity contribution in [1.82, 2.24) is 5.43 Å². The fourth-order valence-electron chi connectivity index (χ4n) is 2.19. The van der Waals surface area contributed by atoms with Crippen molar-refractivity contribution in [2.45, 2.75) is 20.3 Å². The van der Waals surface area contributed by atoms with Crippen LogP contribution in [-0.2, 0) is 9.59 Å². The Bertz CT molecular complexity index is 811. The van der Waals surface area contributed by atoms with Crippen molar-refractivity contribution in [3.63, 3.8) is 0 Å². The molecule has 7 heteroatoms. The molecule has 0 fully saturated rings. The van der Waals surface area contributed by atoms with Gasteiger partial charge < -0.3 is 10.4 Å². The number of anilines is 1. The van der Waals surface area contributed by atoms with Crippen molar-refractivity contribution in [3.05, 3.63) is 57.6 Å². The van der Waals surface area contributed by atoms with Crippen molar-refractivity contribution >= 4 is 39.6 Å². The highest BCUT2D eigenvalue weighted by atomic mass is 79.9. The lowest BCUT2D eigenvalue weighted by molar-refractivity contribution is -0.126. The number of amides is 2. The molecule has 0 saturated carbocycles. The number of carbonyl (C=O) groups is 2. The van der Waals surface area contributed by atoms with E-state index in [2.05, 4.69) is 31.8 Å². The number of benzene rings is 2. The number of carbonyl (C=O) groups excluding carboxylic acids is 2. The molecule has 2 aromatic carbocycles. The molecule has 2 aromatic rings. The van der Waals surface area contributed by atoms with E-state index in [-0.39, 0.29) is 12.2 Å². The number of phenols is 1. The Kier molecular flexibility index (Phi) is 6.30. The van der Waals surface area contributed by atoms with Gasteiger partial charge in [0.1, 0.15) is 12.2 Å². The van der Waals surface area contributed by atoms with Gasteiger partial charge in [0.25, 0.3) is 0 Å². The number of nitrogens with zero attached hydrogens (tertiary/aromatic N) is 1. The Morgan fingerprint density at radius 1 is 1.16 bits per heavy atom. The highest BCUT2D eigenvalue weighted by molar-refractivity contribution is 9.10. The molecule has 3 N–H and O–H groups in total.